The molecule has 0 aromatic heterocycles. The molecule has 1 heterocycles. The van der Waals surface area contributed by atoms with E-state index in [2.05, 4.69) is 27.4 Å². The molecule has 1 saturated carbocycles. The molecule has 68 valence electrons. The van der Waals surface area contributed by atoms with E-state index in [0.29, 0.717) is 17.9 Å². The number of hydrogen-bond acceptors (Lipinski definition) is 1. The smallest absolute Gasteiger partial charge is 0.0946 e. The third kappa shape index (κ3) is 1.03. The van der Waals surface area contributed by atoms with Crippen molar-refractivity contribution in [3.63, 3.8) is 0 Å². The van der Waals surface area contributed by atoms with Crippen molar-refractivity contribution in [1.29, 1.82) is 0 Å². The van der Waals surface area contributed by atoms with Crippen LogP contribution in [0.1, 0.15) is 33.6 Å². The van der Waals surface area contributed by atoms with Crippen LogP contribution in [-0.2, 0) is 4.74 Å². The molecule has 4 atom stereocenters. The fourth-order valence-electron chi connectivity index (χ4n) is 2.41. The van der Waals surface area contributed by atoms with Crippen molar-refractivity contribution in [1.82, 2.24) is 0 Å². The van der Waals surface area contributed by atoms with Gasteiger partial charge in [0.1, 0.15) is 0 Å². The molecule has 0 radical (unpaired) electrons. The highest BCUT2D eigenvalue weighted by atomic mass is 16.6. The Labute approximate surface area is 74.8 Å². The highest BCUT2D eigenvalue weighted by Gasteiger charge is 2.59. The molecule has 0 spiro atoms. The topological polar surface area (TPSA) is 12.5 Å². The second-order valence-electron chi connectivity index (χ2n) is 4.71. The molecule has 0 bridgehead atoms. The summed E-state index contributed by atoms with van der Waals surface area (Å²) in [5.74, 6) is 1.42. The molecule has 2 aliphatic rings. The monoisotopic (exact) mass is 166 g/mol. The molecule has 0 amide bonds. The predicted octanol–water partition coefficient (Wildman–Crippen LogP) is 2.77. The summed E-state index contributed by atoms with van der Waals surface area (Å²) in [5.41, 5.74) is 1.56. The highest BCUT2D eigenvalue weighted by Crippen LogP contribution is 2.53. The summed E-state index contributed by atoms with van der Waals surface area (Å²) in [7, 11) is 0. The van der Waals surface area contributed by atoms with Crippen LogP contribution < -0.4 is 0 Å². The van der Waals surface area contributed by atoms with E-state index in [4.69, 9.17) is 4.74 Å². The van der Waals surface area contributed by atoms with Gasteiger partial charge in [0.05, 0.1) is 11.7 Å². The van der Waals surface area contributed by atoms with E-state index in [1.165, 1.54) is 18.4 Å². The number of epoxide rings is 1. The number of hydrogen-bond donors (Lipinski definition) is 0. The minimum Gasteiger partial charge on any atom is -0.366 e. The first-order valence-electron chi connectivity index (χ1n) is 4.87. The van der Waals surface area contributed by atoms with Gasteiger partial charge >= 0.3 is 0 Å². The average molecular weight is 166 g/mol. The Hall–Kier alpha value is -0.300. The van der Waals surface area contributed by atoms with Gasteiger partial charge < -0.3 is 4.74 Å². The van der Waals surface area contributed by atoms with Gasteiger partial charge in [0, 0.05) is 0 Å². The van der Waals surface area contributed by atoms with Crippen LogP contribution in [0.5, 0.6) is 0 Å². The van der Waals surface area contributed by atoms with Crippen molar-refractivity contribution >= 4 is 0 Å². The molecule has 1 heteroatoms. The summed E-state index contributed by atoms with van der Waals surface area (Å²) in [6, 6.07) is 0. The Bertz CT molecular complexity index is 221. The molecule has 2 rings (SSSR count). The van der Waals surface area contributed by atoms with Gasteiger partial charge in [-0.3, -0.25) is 0 Å². The van der Waals surface area contributed by atoms with Crippen LogP contribution >= 0.6 is 0 Å². The standard InChI is InChI=1S/C11H18O/c1-7(2)9-5-8(3)11(4)10(6-9)12-11/h8-10H,1,5-6H2,2-4H3/t8?,9-,10?,11-/m0/s1. The normalized spacial score (nSPS) is 51.4. The van der Waals surface area contributed by atoms with Gasteiger partial charge in [-0.2, -0.15) is 0 Å². The van der Waals surface area contributed by atoms with E-state index in [1.807, 2.05) is 0 Å². The summed E-state index contributed by atoms with van der Waals surface area (Å²) >= 11 is 0. The Morgan fingerprint density at radius 1 is 1.50 bits per heavy atom. The summed E-state index contributed by atoms with van der Waals surface area (Å²) in [5, 5.41) is 0. The second kappa shape index (κ2) is 2.35. The summed E-state index contributed by atoms with van der Waals surface area (Å²) in [4.78, 5) is 0. The summed E-state index contributed by atoms with van der Waals surface area (Å²) in [6.07, 6.45) is 3.00. The van der Waals surface area contributed by atoms with E-state index in [0.717, 1.165) is 0 Å². The molecule has 12 heavy (non-hydrogen) atoms. The Morgan fingerprint density at radius 3 is 2.67 bits per heavy atom. The highest BCUT2D eigenvalue weighted by molar-refractivity contribution is 5.12. The third-order valence-electron chi connectivity index (χ3n) is 3.79. The maximum atomic E-state index is 5.72. The number of allylic oxidation sites excluding steroid dienone is 1. The number of ether oxygens (including phenoxy) is 1. The minimum absolute atomic E-state index is 0.228. The lowest BCUT2D eigenvalue weighted by Crippen LogP contribution is -2.30. The van der Waals surface area contributed by atoms with Gasteiger partial charge in [-0.25, -0.2) is 0 Å². The molecule has 0 aromatic rings. The Kier molecular flexibility index (Phi) is 1.63. The predicted molar refractivity (Wildman–Crippen MR) is 50.0 cm³/mol. The molecular formula is C11H18O. The van der Waals surface area contributed by atoms with E-state index in [-0.39, 0.29) is 5.60 Å². The third-order valence-corrected chi connectivity index (χ3v) is 3.79. The molecular weight excluding hydrogens is 148 g/mol. The van der Waals surface area contributed by atoms with Crippen LogP contribution in [0.3, 0.4) is 0 Å². The molecule has 1 saturated heterocycles. The number of rotatable bonds is 1. The molecule has 1 aliphatic carbocycles. The fourth-order valence-corrected chi connectivity index (χ4v) is 2.41. The van der Waals surface area contributed by atoms with E-state index in [9.17, 15) is 0 Å². The van der Waals surface area contributed by atoms with Gasteiger partial charge in [-0.05, 0) is 38.5 Å². The maximum Gasteiger partial charge on any atom is 0.0946 e. The SMILES string of the molecule is C=C(C)[C@H]1CC(C)[C@]2(C)OC2C1. The first-order valence-corrected chi connectivity index (χ1v) is 4.87. The maximum absolute atomic E-state index is 5.72. The lowest BCUT2D eigenvalue weighted by molar-refractivity contribution is 0.231. The zero-order valence-corrected chi connectivity index (χ0v) is 8.26. The van der Waals surface area contributed by atoms with Crippen molar-refractivity contribution in [2.75, 3.05) is 0 Å². The van der Waals surface area contributed by atoms with Crippen LogP contribution in [0.15, 0.2) is 12.2 Å². The van der Waals surface area contributed by atoms with Gasteiger partial charge in [0.25, 0.3) is 0 Å². The van der Waals surface area contributed by atoms with Gasteiger partial charge in [0.2, 0.25) is 0 Å². The van der Waals surface area contributed by atoms with Crippen LogP contribution in [0, 0.1) is 11.8 Å². The van der Waals surface area contributed by atoms with E-state index >= 15 is 0 Å². The zero-order valence-electron chi connectivity index (χ0n) is 8.26. The zero-order chi connectivity index (χ0) is 8.93. The first kappa shape index (κ1) is 8.31. The minimum atomic E-state index is 0.228. The van der Waals surface area contributed by atoms with Gasteiger partial charge in [-0.1, -0.05) is 19.1 Å². The average Bonchev–Trinajstić information content (AvgIpc) is 2.62. The van der Waals surface area contributed by atoms with Crippen LogP contribution in [0.4, 0.5) is 0 Å². The van der Waals surface area contributed by atoms with E-state index < -0.39 is 0 Å². The van der Waals surface area contributed by atoms with Crippen molar-refractivity contribution in [2.24, 2.45) is 11.8 Å². The van der Waals surface area contributed by atoms with E-state index in [1.54, 1.807) is 0 Å². The van der Waals surface area contributed by atoms with Crippen molar-refractivity contribution in [3.8, 4) is 0 Å². The Balaban J connectivity index is 2.06. The first-order chi connectivity index (χ1) is 5.54. The largest absolute Gasteiger partial charge is 0.366 e. The quantitative estimate of drug-likeness (QED) is 0.431. The lowest BCUT2D eigenvalue weighted by atomic mass is 9.74. The molecule has 0 aromatic carbocycles. The van der Waals surface area contributed by atoms with Crippen molar-refractivity contribution < 1.29 is 4.74 Å². The molecule has 2 fully saturated rings. The lowest BCUT2D eigenvalue weighted by Gasteiger charge is -2.28. The summed E-state index contributed by atoms with van der Waals surface area (Å²) < 4.78 is 5.72. The van der Waals surface area contributed by atoms with Crippen molar-refractivity contribution in [2.45, 2.75) is 45.3 Å². The van der Waals surface area contributed by atoms with Crippen molar-refractivity contribution in [3.05, 3.63) is 12.2 Å². The number of fused-ring (bicyclic) bond motifs is 1. The van der Waals surface area contributed by atoms with Crippen LogP contribution in [-0.4, -0.2) is 11.7 Å². The summed E-state index contributed by atoms with van der Waals surface area (Å²) in [6.45, 7) is 10.7. The van der Waals surface area contributed by atoms with Gasteiger partial charge in [-0.15, -0.1) is 0 Å². The van der Waals surface area contributed by atoms with Crippen LogP contribution in [0.2, 0.25) is 0 Å². The molecule has 1 aliphatic heterocycles. The fraction of sp³-hybridized carbons (Fsp3) is 0.818. The van der Waals surface area contributed by atoms with Gasteiger partial charge in [0.15, 0.2) is 0 Å². The Morgan fingerprint density at radius 2 is 2.17 bits per heavy atom. The second-order valence-corrected chi connectivity index (χ2v) is 4.71. The molecule has 2 unspecified atom stereocenters. The molecule has 1 nitrogen and oxygen atoms in total. The van der Waals surface area contributed by atoms with Crippen LogP contribution in [0.25, 0.3) is 0 Å². The molecule has 0 N–H and O–H groups in total.